The van der Waals surface area contributed by atoms with Crippen molar-refractivity contribution in [1.29, 1.82) is 0 Å². The molecule has 2 aromatic carbocycles. The standard InChI is InChI=1S/C17H22N2/c1-13(2)12-14-8-10-15(11-9-14)19(3)17-7-5-4-6-16(17)18/h4-11,13H,12,18H2,1-3H3. The summed E-state index contributed by atoms with van der Waals surface area (Å²) >= 11 is 0. The van der Waals surface area contributed by atoms with Gasteiger partial charge in [-0.3, -0.25) is 0 Å². The second-order valence-corrected chi connectivity index (χ2v) is 5.38. The number of benzene rings is 2. The predicted molar refractivity (Wildman–Crippen MR) is 83.9 cm³/mol. The lowest BCUT2D eigenvalue weighted by molar-refractivity contribution is 0.647. The van der Waals surface area contributed by atoms with Gasteiger partial charge in [-0.1, -0.05) is 38.1 Å². The molecule has 0 amide bonds. The highest BCUT2D eigenvalue weighted by Crippen LogP contribution is 2.28. The Balaban J connectivity index is 2.20. The lowest BCUT2D eigenvalue weighted by Gasteiger charge is -2.21. The maximum absolute atomic E-state index is 6.01. The first-order valence-corrected chi connectivity index (χ1v) is 6.75. The maximum atomic E-state index is 6.01. The van der Waals surface area contributed by atoms with Gasteiger partial charge in [-0.15, -0.1) is 0 Å². The minimum Gasteiger partial charge on any atom is -0.397 e. The molecule has 0 atom stereocenters. The molecular weight excluding hydrogens is 232 g/mol. The molecule has 0 fully saturated rings. The first-order valence-electron chi connectivity index (χ1n) is 6.75. The number of hydrogen-bond donors (Lipinski definition) is 1. The highest BCUT2D eigenvalue weighted by Gasteiger charge is 2.07. The van der Waals surface area contributed by atoms with Crippen molar-refractivity contribution in [2.75, 3.05) is 17.7 Å². The fraction of sp³-hybridized carbons (Fsp3) is 0.294. The van der Waals surface area contributed by atoms with Crippen LogP contribution in [-0.4, -0.2) is 7.05 Å². The first-order chi connectivity index (χ1) is 9.08. The Labute approximate surface area is 115 Å². The van der Waals surface area contributed by atoms with Gasteiger partial charge in [0.25, 0.3) is 0 Å². The van der Waals surface area contributed by atoms with Gasteiger partial charge in [-0.25, -0.2) is 0 Å². The van der Waals surface area contributed by atoms with Crippen LogP contribution in [0, 0.1) is 5.92 Å². The van der Waals surface area contributed by atoms with E-state index in [4.69, 9.17) is 5.73 Å². The summed E-state index contributed by atoms with van der Waals surface area (Å²) in [6, 6.07) is 16.6. The van der Waals surface area contributed by atoms with Crippen LogP contribution in [-0.2, 0) is 6.42 Å². The largest absolute Gasteiger partial charge is 0.397 e. The van der Waals surface area contributed by atoms with Gasteiger partial charge in [0.2, 0.25) is 0 Å². The third kappa shape index (κ3) is 3.28. The van der Waals surface area contributed by atoms with E-state index in [0.29, 0.717) is 5.92 Å². The van der Waals surface area contributed by atoms with E-state index < -0.39 is 0 Å². The molecule has 0 aliphatic heterocycles. The Morgan fingerprint density at radius 1 is 1.00 bits per heavy atom. The Kier molecular flexibility index (Phi) is 4.10. The zero-order valence-corrected chi connectivity index (χ0v) is 11.9. The van der Waals surface area contributed by atoms with E-state index >= 15 is 0 Å². The summed E-state index contributed by atoms with van der Waals surface area (Å²) in [5.41, 5.74) is 10.4. The van der Waals surface area contributed by atoms with Gasteiger partial charge >= 0.3 is 0 Å². The van der Waals surface area contributed by atoms with Crippen LogP contribution in [0.15, 0.2) is 48.5 Å². The van der Waals surface area contributed by atoms with E-state index in [2.05, 4.69) is 43.0 Å². The summed E-state index contributed by atoms with van der Waals surface area (Å²) in [4.78, 5) is 2.12. The van der Waals surface area contributed by atoms with Gasteiger partial charge in [0, 0.05) is 12.7 Å². The molecule has 2 heteroatoms. The van der Waals surface area contributed by atoms with Crippen molar-refractivity contribution < 1.29 is 0 Å². The quantitative estimate of drug-likeness (QED) is 0.827. The van der Waals surface area contributed by atoms with E-state index in [-0.39, 0.29) is 0 Å². The number of nitrogen functional groups attached to an aromatic ring is 1. The van der Waals surface area contributed by atoms with Gasteiger partial charge < -0.3 is 10.6 Å². The van der Waals surface area contributed by atoms with Crippen LogP contribution in [0.25, 0.3) is 0 Å². The SMILES string of the molecule is CC(C)Cc1ccc(N(C)c2ccccc2N)cc1. The average Bonchev–Trinajstić information content (AvgIpc) is 2.39. The van der Waals surface area contributed by atoms with Crippen LogP contribution in [0.5, 0.6) is 0 Å². The van der Waals surface area contributed by atoms with Crippen molar-refractivity contribution in [3.63, 3.8) is 0 Å². The molecule has 0 unspecified atom stereocenters. The third-order valence-electron chi connectivity index (χ3n) is 3.27. The second kappa shape index (κ2) is 5.79. The Hall–Kier alpha value is -1.96. The fourth-order valence-electron chi connectivity index (χ4n) is 2.26. The lowest BCUT2D eigenvalue weighted by Crippen LogP contribution is -2.11. The molecule has 100 valence electrons. The van der Waals surface area contributed by atoms with Gasteiger partial charge in [0.15, 0.2) is 0 Å². The lowest BCUT2D eigenvalue weighted by atomic mass is 10.0. The Bertz CT molecular complexity index is 529. The molecule has 0 aromatic heterocycles. The summed E-state index contributed by atoms with van der Waals surface area (Å²) < 4.78 is 0. The van der Waals surface area contributed by atoms with E-state index in [0.717, 1.165) is 23.5 Å². The first kappa shape index (κ1) is 13.5. The molecule has 0 heterocycles. The van der Waals surface area contributed by atoms with E-state index in [1.165, 1.54) is 5.56 Å². The van der Waals surface area contributed by atoms with Gasteiger partial charge in [0.1, 0.15) is 0 Å². The molecule has 0 spiro atoms. The van der Waals surface area contributed by atoms with Crippen LogP contribution in [0.3, 0.4) is 0 Å². The molecule has 2 nitrogen and oxygen atoms in total. The third-order valence-corrected chi connectivity index (χ3v) is 3.27. The molecule has 0 saturated heterocycles. The topological polar surface area (TPSA) is 29.3 Å². The van der Waals surface area contributed by atoms with Crippen LogP contribution in [0.1, 0.15) is 19.4 Å². The normalized spacial score (nSPS) is 10.7. The molecule has 0 aliphatic carbocycles. The van der Waals surface area contributed by atoms with E-state index in [1.54, 1.807) is 0 Å². The minimum atomic E-state index is 0.688. The summed E-state index contributed by atoms with van der Waals surface area (Å²) in [5, 5.41) is 0. The monoisotopic (exact) mass is 254 g/mol. The minimum absolute atomic E-state index is 0.688. The summed E-state index contributed by atoms with van der Waals surface area (Å²) in [7, 11) is 2.04. The second-order valence-electron chi connectivity index (χ2n) is 5.38. The number of anilines is 3. The summed E-state index contributed by atoms with van der Waals surface area (Å²) in [6.07, 6.45) is 1.12. The highest BCUT2D eigenvalue weighted by atomic mass is 15.1. The van der Waals surface area contributed by atoms with Crippen LogP contribution < -0.4 is 10.6 Å². The number of nitrogens with two attached hydrogens (primary N) is 1. The summed E-state index contributed by atoms with van der Waals surface area (Å²) in [6.45, 7) is 4.48. The fourth-order valence-corrected chi connectivity index (χ4v) is 2.26. The van der Waals surface area contributed by atoms with Crippen LogP contribution in [0.2, 0.25) is 0 Å². The smallest absolute Gasteiger partial charge is 0.0641 e. The van der Waals surface area contributed by atoms with Gasteiger partial charge in [-0.2, -0.15) is 0 Å². The van der Waals surface area contributed by atoms with Gasteiger partial charge in [0.05, 0.1) is 11.4 Å². The van der Waals surface area contributed by atoms with Crippen molar-refractivity contribution in [1.82, 2.24) is 0 Å². The average molecular weight is 254 g/mol. The maximum Gasteiger partial charge on any atom is 0.0641 e. The predicted octanol–water partition coefficient (Wildman–Crippen LogP) is 4.24. The molecular formula is C17H22N2. The Morgan fingerprint density at radius 2 is 1.63 bits per heavy atom. The molecule has 0 saturated carbocycles. The van der Waals surface area contributed by atoms with Crippen molar-refractivity contribution >= 4 is 17.1 Å². The molecule has 2 aromatic rings. The molecule has 2 N–H and O–H groups in total. The number of nitrogens with zero attached hydrogens (tertiary/aromatic N) is 1. The van der Waals surface area contributed by atoms with E-state index in [9.17, 15) is 0 Å². The zero-order chi connectivity index (χ0) is 13.8. The highest BCUT2D eigenvalue weighted by molar-refractivity contribution is 5.74. The van der Waals surface area contributed by atoms with Gasteiger partial charge in [-0.05, 0) is 42.2 Å². The zero-order valence-electron chi connectivity index (χ0n) is 11.9. The Morgan fingerprint density at radius 3 is 2.21 bits per heavy atom. The molecule has 0 aliphatic rings. The number of rotatable bonds is 4. The summed E-state index contributed by atoms with van der Waals surface area (Å²) in [5.74, 6) is 0.688. The van der Waals surface area contributed by atoms with Crippen LogP contribution in [0.4, 0.5) is 17.1 Å². The van der Waals surface area contributed by atoms with Crippen molar-refractivity contribution in [3.8, 4) is 0 Å². The number of hydrogen-bond acceptors (Lipinski definition) is 2. The number of para-hydroxylation sites is 2. The van der Waals surface area contributed by atoms with E-state index in [1.807, 2.05) is 31.3 Å². The molecule has 2 rings (SSSR count). The molecule has 19 heavy (non-hydrogen) atoms. The molecule has 0 radical (unpaired) electrons. The van der Waals surface area contributed by atoms with Crippen molar-refractivity contribution in [2.45, 2.75) is 20.3 Å². The van der Waals surface area contributed by atoms with Crippen molar-refractivity contribution in [3.05, 3.63) is 54.1 Å². The van der Waals surface area contributed by atoms with Crippen LogP contribution >= 0.6 is 0 Å². The molecule has 0 bridgehead atoms. The van der Waals surface area contributed by atoms with Crippen molar-refractivity contribution in [2.24, 2.45) is 5.92 Å².